The molecule has 0 aromatic carbocycles. The Bertz CT molecular complexity index is 1830. The van der Waals surface area contributed by atoms with Crippen molar-refractivity contribution >= 4 is 5.97 Å². The van der Waals surface area contributed by atoms with Crippen molar-refractivity contribution in [3.05, 3.63) is 11.6 Å². The molecule has 5 aliphatic carbocycles. The molecule has 3 heterocycles. The van der Waals surface area contributed by atoms with Crippen molar-refractivity contribution in [2.24, 2.45) is 50.2 Å². The van der Waals surface area contributed by atoms with Crippen LogP contribution in [-0.2, 0) is 33.2 Å². The lowest BCUT2D eigenvalue weighted by molar-refractivity contribution is -0.396. The van der Waals surface area contributed by atoms with E-state index in [-0.39, 0.29) is 39.1 Å². The second-order valence-corrected chi connectivity index (χ2v) is 24.1. The summed E-state index contributed by atoms with van der Waals surface area (Å²) in [5.41, 5.74) is -0.0328. The molecule has 17 heteroatoms. The summed E-state index contributed by atoms with van der Waals surface area (Å²) in [6, 6.07) is 0. The van der Waals surface area contributed by atoms with Crippen LogP contribution in [0.5, 0.6) is 0 Å². The third-order valence-corrected chi connectivity index (χ3v) is 19.6. The van der Waals surface area contributed by atoms with Gasteiger partial charge in [-0.3, -0.25) is 4.79 Å². The predicted octanol–water partition coefficient (Wildman–Crippen LogP) is 1.56. The second kappa shape index (κ2) is 17.4. The van der Waals surface area contributed by atoms with Crippen molar-refractivity contribution < 1.29 is 84.3 Å². The van der Waals surface area contributed by atoms with Crippen molar-refractivity contribution in [3.63, 3.8) is 0 Å². The molecule has 0 radical (unpaired) electrons. The molecule has 8 rings (SSSR count). The Labute approximate surface area is 388 Å². The Balaban J connectivity index is 0.976. The van der Waals surface area contributed by atoms with Gasteiger partial charge in [-0.2, -0.15) is 0 Å². The highest BCUT2D eigenvalue weighted by atomic mass is 16.8. The smallest absolute Gasteiger partial charge is 0.315 e. The summed E-state index contributed by atoms with van der Waals surface area (Å²) in [6.07, 6.45) is -12.4. The maximum atomic E-state index is 15.0. The van der Waals surface area contributed by atoms with E-state index in [0.717, 1.165) is 51.4 Å². The summed E-state index contributed by atoms with van der Waals surface area (Å²) >= 11 is 0. The molecule has 3 unspecified atom stereocenters. The van der Waals surface area contributed by atoms with E-state index in [1.165, 1.54) is 19.4 Å². The van der Waals surface area contributed by atoms with E-state index in [9.17, 15) is 55.9 Å². The molecular weight excluding hydrogens is 861 g/mol. The highest BCUT2D eigenvalue weighted by Crippen LogP contribution is 2.76. The Morgan fingerprint density at radius 2 is 1.36 bits per heavy atom. The van der Waals surface area contributed by atoms with Gasteiger partial charge in [-0.25, -0.2) is 0 Å². The number of aliphatic hydroxyl groups excluding tert-OH is 10. The number of rotatable bonds is 8. The molecule has 66 heavy (non-hydrogen) atoms. The predicted molar refractivity (Wildman–Crippen MR) is 233 cm³/mol. The highest BCUT2D eigenvalue weighted by Gasteiger charge is 2.70. The SMILES string of the molecule is C[C@@H]1O[C@@](C)(O[C@@H]2[C@@H](O)[C@H](O)[C@@H](OC[C@H]3O[C@@H](OC(=O)[C@]45CCC(C)(C)CC4C4=CCC6[C@@]7(C)CC[C@H](O)C(C)(C)C7CC[C@@]6(C)[C@]4(C)CC5)[C@H](O)[C@@H](O)[C@@H]3O)O[C@H]2CO)[C@H](O)[C@H](O)[C@H]1O. The minimum atomic E-state index is -2.01. The monoisotopic (exact) mass is 941 g/mol. The maximum absolute atomic E-state index is 15.0. The Hall–Kier alpha value is -1.39. The number of carbonyl (C=O) groups is 1. The summed E-state index contributed by atoms with van der Waals surface area (Å²) in [4.78, 5) is 15.0. The first kappa shape index (κ1) is 51.0. The molecule has 7 fully saturated rings. The zero-order valence-corrected chi connectivity index (χ0v) is 40.3. The normalized spacial score (nSPS) is 54.4. The van der Waals surface area contributed by atoms with E-state index >= 15 is 0 Å². The van der Waals surface area contributed by atoms with Gasteiger partial charge < -0.3 is 79.5 Å². The first-order chi connectivity index (χ1) is 30.6. The lowest BCUT2D eigenvalue weighted by atomic mass is 9.33. The topological polar surface area (TPSA) is 275 Å². The molecule has 0 amide bonds. The summed E-state index contributed by atoms with van der Waals surface area (Å²) in [7, 11) is 0. The number of allylic oxidation sites excluding steroid dienone is 2. The van der Waals surface area contributed by atoms with Crippen LogP contribution in [0.15, 0.2) is 11.6 Å². The molecule has 378 valence electrons. The molecule has 17 nitrogen and oxygen atoms in total. The zero-order valence-electron chi connectivity index (χ0n) is 40.3. The molecule has 0 aromatic rings. The summed E-state index contributed by atoms with van der Waals surface area (Å²) in [6.45, 7) is 17.7. The van der Waals surface area contributed by atoms with Gasteiger partial charge in [0.15, 0.2) is 12.1 Å². The quantitative estimate of drug-likeness (QED) is 0.122. The molecule has 0 aromatic heterocycles. The fraction of sp³-hybridized carbons (Fsp3) is 0.939. The van der Waals surface area contributed by atoms with Crippen LogP contribution >= 0.6 is 0 Å². The van der Waals surface area contributed by atoms with Crippen molar-refractivity contribution in [2.75, 3.05) is 13.2 Å². The zero-order chi connectivity index (χ0) is 48.5. The Morgan fingerprint density at radius 1 is 0.712 bits per heavy atom. The van der Waals surface area contributed by atoms with Gasteiger partial charge in [-0.15, -0.1) is 0 Å². The van der Waals surface area contributed by atoms with E-state index in [0.29, 0.717) is 24.7 Å². The average molecular weight is 941 g/mol. The van der Waals surface area contributed by atoms with E-state index in [4.69, 9.17) is 28.4 Å². The lowest BCUT2D eigenvalue weighted by Crippen LogP contribution is -2.68. The van der Waals surface area contributed by atoms with Crippen molar-refractivity contribution in [1.29, 1.82) is 0 Å². The van der Waals surface area contributed by atoms with Crippen LogP contribution in [0.25, 0.3) is 0 Å². The third-order valence-electron chi connectivity index (χ3n) is 19.6. The largest absolute Gasteiger partial charge is 0.432 e. The molecule has 23 atom stereocenters. The first-order valence-corrected chi connectivity index (χ1v) is 24.6. The van der Waals surface area contributed by atoms with Crippen LogP contribution in [0.3, 0.4) is 0 Å². The number of carbonyl (C=O) groups excluding carboxylic acids is 1. The molecule has 0 spiro atoms. The van der Waals surface area contributed by atoms with Gasteiger partial charge in [0.2, 0.25) is 6.29 Å². The molecule has 8 aliphatic rings. The second-order valence-electron chi connectivity index (χ2n) is 24.1. The summed E-state index contributed by atoms with van der Waals surface area (Å²) < 4.78 is 35.2. The van der Waals surface area contributed by atoms with Crippen molar-refractivity contribution in [3.8, 4) is 0 Å². The van der Waals surface area contributed by atoms with Crippen LogP contribution in [0.4, 0.5) is 0 Å². The maximum Gasteiger partial charge on any atom is 0.315 e. The van der Waals surface area contributed by atoms with Crippen molar-refractivity contribution in [2.45, 2.75) is 224 Å². The van der Waals surface area contributed by atoms with Gasteiger partial charge in [-0.1, -0.05) is 60.1 Å². The van der Waals surface area contributed by atoms with E-state index in [1.807, 2.05) is 0 Å². The van der Waals surface area contributed by atoms with Crippen LogP contribution in [-0.4, -0.2) is 168 Å². The van der Waals surface area contributed by atoms with Gasteiger partial charge >= 0.3 is 5.97 Å². The number of esters is 1. The number of hydrogen-bond donors (Lipinski definition) is 10. The van der Waals surface area contributed by atoms with Crippen LogP contribution in [0.2, 0.25) is 0 Å². The van der Waals surface area contributed by atoms with Gasteiger partial charge in [0, 0.05) is 0 Å². The molecular formula is C49H80O17. The highest BCUT2D eigenvalue weighted by molar-refractivity contribution is 5.79. The number of ether oxygens (including phenoxy) is 6. The van der Waals surface area contributed by atoms with E-state index in [1.54, 1.807) is 0 Å². The summed E-state index contributed by atoms with van der Waals surface area (Å²) in [5, 5.41) is 108. The third kappa shape index (κ3) is 7.79. The van der Waals surface area contributed by atoms with Crippen LogP contribution in [0, 0.1) is 50.2 Å². The molecule has 3 saturated heterocycles. The molecule has 3 aliphatic heterocycles. The summed E-state index contributed by atoms with van der Waals surface area (Å²) in [5.74, 6) is -1.87. The standard InChI is InChI=1S/C49H80O17/c1-23-31(52)35(56)39(59)48(9,65-23)66-38-26(21-50)62-40(37(58)34(38)55)61-22-27-32(53)33(54)36(57)41(63-27)64-42(60)49-18-16-43(2,3)20-25(49)24-10-11-29-45(6)14-13-30(51)44(4,5)28(45)12-15-47(29,8)46(24,7)17-19-49/h10,23,25-41,50-59H,11-22H2,1-9H3/t23-,25?,26-,27+,28?,29?,30-,31-,32+,33-,34-,35+,36+,37-,38-,39+,40-,41-,45-,46+,47+,48-,49-/m0/s1. The Morgan fingerprint density at radius 3 is 2.05 bits per heavy atom. The van der Waals surface area contributed by atoms with Crippen LogP contribution < -0.4 is 0 Å². The average Bonchev–Trinajstić information content (AvgIpc) is 3.25. The van der Waals surface area contributed by atoms with Gasteiger partial charge in [0.25, 0.3) is 0 Å². The first-order valence-electron chi connectivity index (χ1n) is 24.6. The minimum Gasteiger partial charge on any atom is -0.432 e. The molecule has 0 bridgehead atoms. The fourth-order valence-corrected chi connectivity index (χ4v) is 15.2. The Kier molecular flexibility index (Phi) is 13.5. The number of aliphatic hydroxyl groups is 10. The fourth-order valence-electron chi connectivity index (χ4n) is 15.2. The van der Waals surface area contributed by atoms with E-state index < -0.39 is 116 Å². The van der Waals surface area contributed by atoms with Gasteiger partial charge in [0.1, 0.15) is 67.1 Å². The molecule has 10 N–H and O–H groups in total. The van der Waals surface area contributed by atoms with Gasteiger partial charge in [0.05, 0.1) is 30.8 Å². The number of fused-ring (bicyclic) bond motifs is 7. The molecule has 4 saturated carbocycles. The van der Waals surface area contributed by atoms with Crippen molar-refractivity contribution in [1.82, 2.24) is 0 Å². The lowest BCUT2D eigenvalue weighted by Gasteiger charge is -2.71. The minimum absolute atomic E-state index is 0.0392. The van der Waals surface area contributed by atoms with Crippen LogP contribution in [0.1, 0.15) is 127 Å². The van der Waals surface area contributed by atoms with Gasteiger partial charge in [-0.05, 0) is 123 Å². The number of hydrogen-bond acceptors (Lipinski definition) is 17. The van der Waals surface area contributed by atoms with E-state index in [2.05, 4.69) is 54.5 Å².